The van der Waals surface area contributed by atoms with Gasteiger partial charge >= 0.3 is 11.9 Å². The van der Waals surface area contributed by atoms with E-state index in [0.717, 1.165) is 32.1 Å². The topological polar surface area (TPSA) is 84.9 Å². The van der Waals surface area contributed by atoms with Crippen LogP contribution in [-0.4, -0.2) is 48.4 Å². The van der Waals surface area contributed by atoms with Crippen LogP contribution in [0.3, 0.4) is 0 Å². The van der Waals surface area contributed by atoms with Crippen LogP contribution in [0.2, 0.25) is 0 Å². The van der Waals surface area contributed by atoms with E-state index in [4.69, 9.17) is 9.47 Å². The Morgan fingerprint density at radius 2 is 0.816 bits per heavy atom. The van der Waals surface area contributed by atoms with Crippen molar-refractivity contribution in [1.82, 2.24) is 5.32 Å². The average molecular weight is 696 g/mol. The first kappa shape index (κ1) is 47.9. The lowest BCUT2D eigenvalue weighted by molar-refractivity contribution is -0.159. The van der Waals surface area contributed by atoms with Crippen molar-refractivity contribution >= 4 is 11.9 Å². The molecule has 1 atom stereocenters. The molecule has 0 spiro atoms. The molecule has 0 fully saturated rings. The van der Waals surface area contributed by atoms with Crippen molar-refractivity contribution in [3.05, 3.63) is 0 Å². The molecule has 6 nitrogen and oxygen atoms in total. The van der Waals surface area contributed by atoms with E-state index >= 15 is 0 Å². The number of hydrogen-bond donors (Lipinski definition) is 2. The van der Waals surface area contributed by atoms with Crippen molar-refractivity contribution in [3.63, 3.8) is 0 Å². The van der Waals surface area contributed by atoms with E-state index in [1.165, 1.54) is 161 Å². The Kier molecular flexibility index (Phi) is 35.8. The third-order valence-electron chi connectivity index (χ3n) is 9.90. The molecule has 0 radical (unpaired) electrons. The minimum absolute atomic E-state index is 0.0359. The zero-order chi connectivity index (χ0) is 36.1. The Hall–Kier alpha value is -1.14. The SMILES string of the molecule is CCCCCCCCCCCCCCCCCC(=O)OCC(CNC(C)(C)CO)OC(=O)CCCCCCCCCCCCCCCCC. The smallest absolute Gasteiger partial charge is 0.306 e. The fraction of sp³-hybridized carbons (Fsp3) is 0.953. The Labute approximate surface area is 305 Å². The molecular weight excluding hydrogens is 610 g/mol. The molecule has 0 aliphatic rings. The zero-order valence-electron chi connectivity index (χ0n) is 33.4. The van der Waals surface area contributed by atoms with Gasteiger partial charge in [-0.25, -0.2) is 0 Å². The van der Waals surface area contributed by atoms with Crippen LogP contribution >= 0.6 is 0 Å². The number of carbonyl (C=O) groups is 2. The predicted octanol–water partition coefficient (Wildman–Crippen LogP) is 12.3. The highest BCUT2D eigenvalue weighted by Gasteiger charge is 2.22. The molecule has 0 amide bonds. The van der Waals surface area contributed by atoms with E-state index in [9.17, 15) is 14.7 Å². The van der Waals surface area contributed by atoms with Gasteiger partial charge in [-0.15, -0.1) is 0 Å². The fourth-order valence-corrected chi connectivity index (χ4v) is 6.36. The summed E-state index contributed by atoms with van der Waals surface area (Å²) >= 11 is 0. The lowest BCUT2D eigenvalue weighted by Gasteiger charge is -2.27. The molecule has 0 saturated heterocycles. The maximum atomic E-state index is 12.6. The summed E-state index contributed by atoms with van der Waals surface area (Å²) in [5, 5.41) is 12.9. The van der Waals surface area contributed by atoms with Crippen LogP contribution in [-0.2, 0) is 19.1 Å². The third-order valence-corrected chi connectivity index (χ3v) is 9.90. The number of unbranched alkanes of at least 4 members (excludes halogenated alkanes) is 28. The number of esters is 2. The molecule has 0 rings (SSSR count). The van der Waals surface area contributed by atoms with Crippen LogP contribution < -0.4 is 5.32 Å². The first-order valence-electron chi connectivity index (χ1n) is 21.6. The summed E-state index contributed by atoms with van der Waals surface area (Å²) in [4.78, 5) is 25.0. The summed E-state index contributed by atoms with van der Waals surface area (Å²) in [7, 11) is 0. The van der Waals surface area contributed by atoms with Gasteiger partial charge < -0.3 is 19.9 Å². The molecule has 292 valence electrons. The van der Waals surface area contributed by atoms with Gasteiger partial charge in [-0.2, -0.15) is 0 Å². The highest BCUT2D eigenvalue weighted by Crippen LogP contribution is 2.16. The molecule has 0 aliphatic heterocycles. The molecular formula is C43H85NO5. The number of aliphatic hydroxyl groups excluding tert-OH is 1. The number of carbonyl (C=O) groups excluding carboxylic acids is 2. The second kappa shape index (κ2) is 36.6. The first-order valence-corrected chi connectivity index (χ1v) is 21.6. The van der Waals surface area contributed by atoms with Crippen molar-refractivity contribution < 1.29 is 24.2 Å². The Bertz CT molecular complexity index is 712. The second-order valence-corrected chi connectivity index (χ2v) is 15.6. The summed E-state index contributed by atoms with van der Waals surface area (Å²) in [5.74, 6) is -0.457. The Morgan fingerprint density at radius 1 is 0.510 bits per heavy atom. The number of rotatable bonds is 39. The quantitative estimate of drug-likeness (QED) is 0.0492. The molecule has 1 unspecified atom stereocenters. The third kappa shape index (κ3) is 36.5. The van der Waals surface area contributed by atoms with Crippen molar-refractivity contribution in [1.29, 1.82) is 0 Å². The summed E-state index contributed by atoms with van der Waals surface area (Å²) < 4.78 is 11.3. The van der Waals surface area contributed by atoms with E-state index in [0.29, 0.717) is 19.4 Å². The summed E-state index contributed by atoms with van der Waals surface area (Å²) in [6, 6.07) is 0. The molecule has 0 saturated carbocycles. The second-order valence-electron chi connectivity index (χ2n) is 15.6. The molecule has 49 heavy (non-hydrogen) atoms. The fourth-order valence-electron chi connectivity index (χ4n) is 6.36. The first-order chi connectivity index (χ1) is 23.8. The van der Waals surface area contributed by atoms with Gasteiger partial charge in [0.1, 0.15) is 12.7 Å². The van der Waals surface area contributed by atoms with Crippen LogP contribution in [0.4, 0.5) is 0 Å². The lowest BCUT2D eigenvalue weighted by Crippen LogP contribution is -2.48. The number of nitrogens with one attached hydrogen (secondary N) is 1. The molecule has 0 bridgehead atoms. The van der Waals surface area contributed by atoms with Crippen LogP contribution in [0.5, 0.6) is 0 Å². The molecule has 0 aliphatic carbocycles. The lowest BCUT2D eigenvalue weighted by atomic mass is 10.0. The van der Waals surface area contributed by atoms with E-state index in [2.05, 4.69) is 19.2 Å². The largest absolute Gasteiger partial charge is 0.462 e. The predicted molar refractivity (Wildman–Crippen MR) is 209 cm³/mol. The minimum Gasteiger partial charge on any atom is -0.462 e. The van der Waals surface area contributed by atoms with Crippen LogP contribution in [0.25, 0.3) is 0 Å². The molecule has 0 heterocycles. The summed E-state index contributed by atoms with van der Waals surface area (Å²) in [6.45, 7) is 8.69. The standard InChI is InChI=1S/C43H85NO5/c1-5-7-9-11-13-15-17-19-21-23-25-27-29-31-33-35-41(46)48-38-40(37-44-43(3,4)39-45)49-42(47)36-34-32-30-28-26-24-22-20-18-16-14-12-10-8-6-2/h40,44-45H,5-39H2,1-4H3. The monoisotopic (exact) mass is 696 g/mol. The summed E-state index contributed by atoms with van der Waals surface area (Å²) in [6.07, 6.45) is 39.0. The van der Waals surface area contributed by atoms with E-state index < -0.39 is 11.6 Å². The molecule has 0 aromatic heterocycles. The average Bonchev–Trinajstić information content (AvgIpc) is 3.09. The van der Waals surface area contributed by atoms with Crippen molar-refractivity contribution in [2.45, 2.75) is 245 Å². The van der Waals surface area contributed by atoms with Gasteiger partial charge in [0.05, 0.1) is 6.61 Å². The van der Waals surface area contributed by atoms with Crippen molar-refractivity contribution in [2.24, 2.45) is 0 Å². The van der Waals surface area contributed by atoms with Gasteiger partial charge in [0.25, 0.3) is 0 Å². The highest BCUT2D eigenvalue weighted by atomic mass is 16.6. The van der Waals surface area contributed by atoms with E-state index in [1.807, 2.05) is 13.8 Å². The highest BCUT2D eigenvalue weighted by molar-refractivity contribution is 5.70. The van der Waals surface area contributed by atoms with Gasteiger partial charge in [-0.3, -0.25) is 9.59 Å². The molecule has 6 heteroatoms. The van der Waals surface area contributed by atoms with Crippen LogP contribution in [0.15, 0.2) is 0 Å². The van der Waals surface area contributed by atoms with Crippen molar-refractivity contribution in [2.75, 3.05) is 19.8 Å². The zero-order valence-corrected chi connectivity index (χ0v) is 33.4. The number of aliphatic hydroxyl groups is 1. The number of ether oxygens (including phenoxy) is 2. The summed E-state index contributed by atoms with van der Waals surface area (Å²) in [5.41, 5.74) is -0.503. The van der Waals surface area contributed by atoms with E-state index in [-0.39, 0.29) is 25.2 Å². The Morgan fingerprint density at radius 3 is 1.14 bits per heavy atom. The maximum Gasteiger partial charge on any atom is 0.306 e. The van der Waals surface area contributed by atoms with Crippen LogP contribution in [0, 0.1) is 0 Å². The molecule has 0 aromatic carbocycles. The van der Waals surface area contributed by atoms with Gasteiger partial charge in [-0.1, -0.05) is 194 Å². The van der Waals surface area contributed by atoms with Gasteiger partial charge in [-0.05, 0) is 26.7 Å². The number of hydrogen-bond acceptors (Lipinski definition) is 6. The van der Waals surface area contributed by atoms with Gasteiger partial charge in [0.2, 0.25) is 0 Å². The molecule has 2 N–H and O–H groups in total. The minimum atomic E-state index is -0.556. The normalized spacial score (nSPS) is 12.3. The maximum absolute atomic E-state index is 12.6. The van der Waals surface area contributed by atoms with Gasteiger partial charge in [0.15, 0.2) is 0 Å². The van der Waals surface area contributed by atoms with Crippen LogP contribution in [0.1, 0.15) is 233 Å². The molecule has 0 aromatic rings. The van der Waals surface area contributed by atoms with Gasteiger partial charge in [0, 0.05) is 24.9 Å². The van der Waals surface area contributed by atoms with E-state index in [1.54, 1.807) is 0 Å². The Balaban J connectivity index is 3.96. The van der Waals surface area contributed by atoms with Crippen molar-refractivity contribution in [3.8, 4) is 0 Å².